The predicted octanol–water partition coefficient (Wildman–Crippen LogP) is 6.14. The summed E-state index contributed by atoms with van der Waals surface area (Å²) in [4.78, 5) is 0. The summed E-state index contributed by atoms with van der Waals surface area (Å²) in [6, 6.07) is 0. The first-order chi connectivity index (χ1) is 9.78. The zero-order valence-corrected chi connectivity index (χ0v) is 15.4. The maximum Gasteiger partial charge on any atom is 0.118 e. The van der Waals surface area contributed by atoms with Crippen molar-refractivity contribution in [1.29, 1.82) is 5.41 Å². The maximum absolute atomic E-state index is 7.81. The van der Waals surface area contributed by atoms with Gasteiger partial charge < -0.3 is 10.1 Å². The second kappa shape index (κ2) is 8.41. The van der Waals surface area contributed by atoms with E-state index in [1.807, 2.05) is 0 Å². The third-order valence-corrected chi connectivity index (χ3v) is 5.76. The third-order valence-electron chi connectivity index (χ3n) is 5.76. The molecule has 0 amide bonds. The quantitative estimate of drug-likeness (QED) is 0.309. The number of methoxy groups -OCH3 is 1. The molecule has 2 heteroatoms. The summed E-state index contributed by atoms with van der Waals surface area (Å²) < 4.78 is 5.68. The fourth-order valence-corrected chi connectivity index (χ4v) is 2.59. The van der Waals surface area contributed by atoms with Gasteiger partial charge in [0, 0.05) is 6.21 Å². The lowest BCUT2D eigenvalue weighted by atomic mass is 9.75. The highest BCUT2D eigenvalue weighted by atomic mass is 16.5. The lowest BCUT2D eigenvalue weighted by molar-refractivity contribution is 0.273. The molecule has 0 aliphatic heterocycles. The van der Waals surface area contributed by atoms with Crippen molar-refractivity contribution in [2.24, 2.45) is 10.8 Å². The van der Waals surface area contributed by atoms with Gasteiger partial charge in [-0.25, -0.2) is 0 Å². The van der Waals surface area contributed by atoms with Crippen molar-refractivity contribution < 1.29 is 4.74 Å². The van der Waals surface area contributed by atoms with Gasteiger partial charge >= 0.3 is 0 Å². The van der Waals surface area contributed by atoms with E-state index in [2.05, 4.69) is 54.5 Å². The molecule has 122 valence electrons. The third kappa shape index (κ3) is 4.46. The molecule has 0 aromatic heterocycles. The first kappa shape index (κ1) is 19.9. The molecular formula is C19H35NO. The summed E-state index contributed by atoms with van der Waals surface area (Å²) in [5.74, 6) is 0.924. The first-order valence-electron chi connectivity index (χ1n) is 8.26. The second-order valence-electron chi connectivity index (χ2n) is 6.47. The fourth-order valence-electron chi connectivity index (χ4n) is 2.59. The largest absolute Gasteiger partial charge is 0.497 e. The van der Waals surface area contributed by atoms with Crippen molar-refractivity contribution in [1.82, 2.24) is 0 Å². The Hall–Kier alpha value is -1.05. The van der Waals surface area contributed by atoms with Crippen LogP contribution in [-0.4, -0.2) is 13.3 Å². The summed E-state index contributed by atoms with van der Waals surface area (Å²) in [5.41, 5.74) is 2.53. The van der Waals surface area contributed by atoms with Crippen LogP contribution in [0.3, 0.4) is 0 Å². The molecule has 0 unspecified atom stereocenters. The van der Waals surface area contributed by atoms with E-state index >= 15 is 0 Å². The Kier molecular flexibility index (Phi) is 7.99. The zero-order valence-electron chi connectivity index (χ0n) is 15.4. The first-order valence-corrected chi connectivity index (χ1v) is 8.26. The SMILES string of the molecule is CCC(C)(CC)/C(C=N)=C/C(OC)=C(\C)C(C)(CC)CC. The van der Waals surface area contributed by atoms with Crippen LogP contribution in [0, 0.1) is 16.2 Å². The lowest BCUT2D eigenvalue weighted by Crippen LogP contribution is -2.20. The van der Waals surface area contributed by atoms with Crippen LogP contribution in [0.4, 0.5) is 0 Å². The molecule has 0 aromatic carbocycles. The standard InChI is InChI=1S/C19H35NO/c1-9-18(6,10-2)15(5)17(21-8)13-16(14-20)19(7,11-3)12-4/h13-14,20H,9-12H2,1-8H3/b16-13+,17-15-,20-14?. The van der Waals surface area contributed by atoms with Crippen molar-refractivity contribution in [3.63, 3.8) is 0 Å². The number of hydrogen-bond donors (Lipinski definition) is 1. The van der Waals surface area contributed by atoms with Gasteiger partial charge in [-0.2, -0.15) is 0 Å². The van der Waals surface area contributed by atoms with Crippen LogP contribution in [-0.2, 0) is 4.74 Å². The van der Waals surface area contributed by atoms with Gasteiger partial charge in [-0.05, 0) is 60.7 Å². The minimum atomic E-state index is 0.0423. The maximum atomic E-state index is 7.81. The molecule has 0 atom stereocenters. The Morgan fingerprint density at radius 1 is 0.952 bits per heavy atom. The van der Waals surface area contributed by atoms with Gasteiger partial charge in [0.15, 0.2) is 0 Å². The Labute approximate surface area is 132 Å². The van der Waals surface area contributed by atoms with Crippen molar-refractivity contribution >= 4 is 6.21 Å². The molecule has 0 spiro atoms. The van der Waals surface area contributed by atoms with Crippen molar-refractivity contribution in [2.75, 3.05) is 7.11 Å². The van der Waals surface area contributed by atoms with Gasteiger partial charge in [0.05, 0.1) is 7.11 Å². The van der Waals surface area contributed by atoms with Crippen molar-refractivity contribution in [3.8, 4) is 0 Å². The van der Waals surface area contributed by atoms with Gasteiger partial charge in [0.25, 0.3) is 0 Å². The van der Waals surface area contributed by atoms with E-state index in [0.717, 1.165) is 37.0 Å². The molecule has 0 saturated heterocycles. The molecule has 0 aromatic rings. The van der Waals surface area contributed by atoms with E-state index in [1.165, 1.54) is 11.8 Å². The smallest absolute Gasteiger partial charge is 0.118 e. The van der Waals surface area contributed by atoms with Crippen LogP contribution in [0.15, 0.2) is 23.0 Å². The average Bonchev–Trinajstić information content (AvgIpc) is 2.53. The fraction of sp³-hybridized carbons (Fsp3) is 0.737. The van der Waals surface area contributed by atoms with Crippen LogP contribution < -0.4 is 0 Å². The van der Waals surface area contributed by atoms with E-state index < -0.39 is 0 Å². The Morgan fingerprint density at radius 3 is 1.67 bits per heavy atom. The predicted molar refractivity (Wildman–Crippen MR) is 94.0 cm³/mol. The summed E-state index contributed by atoms with van der Waals surface area (Å²) >= 11 is 0. The molecule has 0 bridgehead atoms. The molecular weight excluding hydrogens is 258 g/mol. The van der Waals surface area contributed by atoms with E-state index in [-0.39, 0.29) is 10.8 Å². The molecule has 0 fully saturated rings. The van der Waals surface area contributed by atoms with E-state index in [0.29, 0.717) is 0 Å². The second-order valence-corrected chi connectivity index (χ2v) is 6.47. The molecule has 0 radical (unpaired) electrons. The molecule has 0 aliphatic carbocycles. The Balaban J connectivity index is 5.95. The average molecular weight is 293 g/mol. The highest BCUT2D eigenvalue weighted by Crippen LogP contribution is 2.38. The van der Waals surface area contributed by atoms with E-state index in [1.54, 1.807) is 7.11 Å². The van der Waals surface area contributed by atoms with Crippen LogP contribution in [0.25, 0.3) is 0 Å². The molecule has 0 heterocycles. The van der Waals surface area contributed by atoms with Gasteiger partial charge in [0.1, 0.15) is 5.76 Å². The van der Waals surface area contributed by atoms with Crippen LogP contribution >= 0.6 is 0 Å². The number of allylic oxidation sites excluding steroid dienone is 3. The summed E-state index contributed by atoms with van der Waals surface area (Å²) in [6.07, 6.45) is 7.82. The lowest BCUT2D eigenvalue weighted by Gasteiger charge is -2.31. The zero-order chi connectivity index (χ0) is 16.7. The van der Waals surface area contributed by atoms with Gasteiger partial charge in [-0.3, -0.25) is 0 Å². The van der Waals surface area contributed by atoms with Crippen LogP contribution in [0.1, 0.15) is 74.1 Å². The molecule has 0 saturated carbocycles. The molecule has 21 heavy (non-hydrogen) atoms. The molecule has 1 N–H and O–H groups in total. The van der Waals surface area contributed by atoms with Crippen LogP contribution in [0.5, 0.6) is 0 Å². The Bertz CT molecular complexity index is 380. The Morgan fingerprint density at radius 2 is 1.38 bits per heavy atom. The minimum Gasteiger partial charge on any atom is -0.497 e. The van der Waals surface area contributed by atoms with Gasteiger partial charge in [-0.15, -0.1) is 0 Å². The molecule has 0 rings (SSSR count). The van der Waals surface area contributed by atoms with Gasteiger partial charge in [-0.1, -0.05) is 41.5 Å². The number of nitrogens with one attached hydrogen (secondary N) is 1. The highest BCUT2D eigenvalue weighted by Gasteiger charge is 2.27. The number of ether oxygens (including phenoxy) is 1. The molecule has 0 aliphatic rings. The highest BCUT2D eigenvalue weighted by molar-refractivity contribution is 5.78. The van der Waals surface area contributed by atoms with E-state index in [4.69, 9.17) is 10.1 Å². The summed E-state index contributed by atoms with van der Waals surface area (Å²) in [7, 11) is 1.73. The topological polar surface area (TPSA) is 33.1 Å². The van der Waals surface area contributed by atoms with Crippen molar-refractivity contribution in [2.45, 2.75) is 74.1 Å². The number of hydrogen-bond acceptors (Lipinski definition) is 2. The molecule has 2 nitrogen and oxygen atoms in total. The van der Waals surface area contributed by atoms with E-state index in [9.17, 15) is 0 Å². The summed E-state index contributed by atoms with van der Waals surface area (Å²) in [6.45, 7) is 15.5. The minimum absolute atomic E-state index is 0.0423. The van der Waals surface area contributed by atoms with Crippen LogP contribution in [0.2, 0.25) is 0 Å². The van der Waals surface area contributed by atoms with Gasteiger partial charge in [0.2, 0.25) is 0 Å². The monoisotopic (exact) mass is 293 g/mol. The number of rotatable bonds is 9. The summed E-state index contributed by atoms with van der Waals surface area (Å²) in [5, 5.41) is 7.81. The normalized spacial score (nSPS) is 14.8. The van der Waals surface area contributed by atoms with Crippen molar-refractivity contribution in [3.05, 3.63) is 23.0 Å².